The Kier molecular flexibility index (Phi) is 7.05. The van der Waals surface area contributed by atoms with Gasteiger partial charge in [0.1, 0.15) is 5.75 Å². The summed E-state index contributed by atoms with van der Waals surface area (Å²) in [4.78, 5) is 12.5. The standard InChI is InChI=1S/C20H20Cl2N4O2S/c1-4-26-19(13-5-7-14(21)8-6-13)24-25-20(26)29-11-18(27)23-16-9-12(2)15(22)10-17(16)28-3/h5-10H,4,11H2,1-3H3,(H,23,27). The molecule has 0 radical (unpaired) electrons. The molecule has 3 aromatic rings. The van der Waals surface area contributed by atoms with E-state index >= 15 is 0 Å². The molecule has 9 heteroatoms. The number of nitrogens with one attached hydrogen (secondary N) is 1. The quantitative estimate of drug-likeness (QED) is 0.493. The van der Waals surface area contributed by atoms with Gasteiger partial charge in [0, 0.05) is 28.2 Å². The lowest BCUT2D eigenvalue weighted by Gasteiger charge is -2.12. The van der Waals surface area contributed by atoms with E-state index in [1.807, 2.05) is 42.7 Å². The van der Waals surface area contributed by atoms with E-state index in [2.05, 4.69) is 15.5 Å². The average Bonchev–Trinajstić information content (AvgIpc) is 3.12. The highest BCUT2D eigenvalue weighted by atomic mass is 35.5. The Labute approximate surface area is 183 Å². The maximum Gasteiger partial charge on any atom is 0.234 e. The largest absolute Gasteiger partial charge is 0.495 e. The maximum absolute atomic E-state index is 12.5. The normalized spacial score (nSPS) is 10.8. The van der Waals surface area contributed by atoms with Crippen molar-refractivity contribution in [2.45, 2.75) is 25.5 Å². The second kappa shape index (κ2) is 9.52. The van der Waals surface area contributed by atoms with Crippen LogP contribution in [-0.2, 0) is 11.3 Å². The van der Waals surface area contributed by atoms with Crippen molar-refractivity contribution in [3.05, 3.63) is 52.0 Å². The van der Waals surface area contributed by atoms with Gasteiger partial charge in [0.05, 0.1) is 18.6 Å². The van der Waals surface area contributed by atoms with E-state index in [0.29, 0.717) is 33.2 Å². The summed E-state index contributed by atoms with van der Waals surface area (Å²) in [6.45, 7) is 4.56. The van der Waals surface area contributed by atoms with Crippen LogP contribution in [0.25, 0.3) is 11.4 Å². The number of rotatable bonds is 7. The second-order valence-corrected chi connectivity index (χ2v) is 7.98. The lowest BCUT2D eigenvalue weighted by atomic mass is 10.2. The Morgan fingerprint density at radius 2 is 1.93 bits per heavy atom. The van der Waals surface area contributed by atoms with Gasteiger partial charge >= 0.3 is 0 Å². The van der Waals surface area contributed by atoms with Crippen LogP contribution in [0.5, 0.6) is 5.75 Å². The van der Waals surface area contributed by atoms with Gasteiger partial charge in [-0.25, -0.2) is 0 Å². The van der Waals surface area contributed by atoms with Gasteiger partial charge in [-0.2, -0.15) is 0 Å². The highest BCUT2D eigenvalue weighted by Gasteiger charge is 2.16. The summed E-state index contributed by atoms with van der Waals surface area (Å²) in [5.74, 6) is 1.26. The number of thioether (sulfide) groups is 1. The molecule has 1 aromatic heterocycles. The first kappa shape index (κ1) is 21.5. The molecule has 0 aliphatic carbocycles. The molecule has 0 atom stereocenters. The molecule has 0 spiro atoms. The van der Waals surface area contributed by atoms with Crippen molar-refractivity contribution in [1.29, 1.82) is 0 Å². The third kappa shape index (κ3) is 5.04. The van der Waals surface area contributed by atoms with Gasteiger partial charge in [0.25, 0.3) is 0 Å². The first-order valence-corrected chi connectivity index (χ1v) is 10.6. The first-order valence-electron chi connectivity index (χ1n) is 8.88. The maximum atomic E-state index is 12.5. The third-order valence-corrected chi connectivity index (χ3v) is 5.85. The van der Waals surface area contributed by atoms with Crippen LogP contribution in [0.3, 0.4) is 0 Å². The Bertz CT molecular complexity index is 1020. The summed E-state index contributed by atoms with van der Waals surface area (Å²) in [7, 11) is 1.54. The smallest absolute Gasteiger partial charge is 0.234 e. The number of halogens is 2. The Morgan fingerprint density at radius 3 is 2.59 bits per heavy atom. The summed E-state index contributed by atoms with van der Waals surface area (Å²) in [6, 6.07) is 10.9. The molecule has 1 N–H and O–H groups in total. The molecule has 0 aliphatic rings. The minimum Gasteiger partial charge on any atom is -0.495 e. The number of amides is 1. The molecule has 0 unspecified atom stereocenters. The highest BCUT2D eigenvalue weighted by Crippen LogP contribution is 2.31. The predicted octanol–water partition coefficient (Wildman–Crippen LogP) is 5.32. The molecule has 0 aliphatic heterocycles. The second-order valence-electron chi connectivity index (χ2n) is 6.20. The molecular weight excluding hydrogens is 431 g/mol. The highest BCUT2D eigenvalue weighted by molar-refractivity contribution is 7.99. The first-order chi connectivity index (χ1) is 13.9. The number of methoxy groups -OCH3 is 1. The zero-order valence-corrected chi connectivity index (χ0v) is 18.5. The minimum atomic E-state index is -0.172. The number of aryl methyl sites for hydroxylation is 1. The summed E-state index contributed by atoms with van der Waals surface area (Å²) < 4.78 is 7.27. The van der Waals surface area contributed by atoms with E-state index in [0.717, 1.165) is 17.0 Å². The van der Waals surface area contributed by atoms with E-state index in [4.69, 9.17) is 27.9 Å². The number of hydrogen-bond donors (Lipinski definition) is 1. The van der Waals surface area contributed by atoms with Gasteiger partial charge in [0.2, 0.25) is 5.91 Å². The molecule has 0 saturated heterocycles. The van der Waals surface area contributed by atoms with E-state index in [1.54, 1.807) is 12.1 Å². The van der Waals surface area contributed by atoms with Gasteiger partial charge < -0.3 is 14.6 Å². The van der Waals surface area contributed by atoms with E-state index in [-0.39, 0.29) is 11.7 Å². The van der Waals surface area contributed by atoms with Crippen molar-refractivity contribution in [2.75, 3.05) is 18.2 Å². The number of ether oxygens (including phenoxy) is 1. The van der Waals surface area contributed by atoms with E-state index in [9.17, 15) is 4.79 Å². The van der Waals surface area contributed by atoms with Crippen LogP contribution >= 0.6 is 35.0 Å². The number of nitrogens with zero attached hydrogens (tertiary/aromatic N) is 3. The molecule has 0 saturated carbocycles. The van der Waals surface area contributed by atoms with Crippen LogP contribution in [0.15, 0.2) is 41.6 Å². The van der Waals surface area contributed by atoms with Crippen LogP contribution in [0.4, 0.5) is 5.69 Å². The average molecular weight is 451 g/mol. The van der Waals surface area contributed by atoms with E-state index in [1.165, 1.54) is 18.9 Å². The van der Waals surface area contributed by atoms with Crippen molar-refractivity contribution in [2.24, 2.45) is 0 Å². The summed E-state index contributed by atoms with van der Waals surface area (Å²) in [5.41, 5.74) is 2.36. The Morgan fingerprint density at radius 1 is 1.21 bits per heavy atom. The predicted molar refractivity (Wildman–Crippen MR) is 118 cm³/mol. The van der Waals surface area contributed by atoms with Crippen molar-refractivity contribution in [3.8, 4) is 17.1 Å². The topological polar surface area (TPSA) is 69.0 Å². The monoisotopic (exact) mass is 450 g/mol. The molecular formula is C20H20Cl2N4O2S. The number of carbonyl (C=O) groups excluding carboxylic acids is 1. The fraction of sp³-hybridized carbons (Fsp3) is 0.250. The number of benzene rings is 2. The zero-order chi connectivity index (χ0) is 21.0. The van der Waals surface area contributed by atoms with Crippen molar-refractivity contribution in [1.82, 2.24) is 14.8 Å². The molecule has 152 valence electrons. The molecule has 0 bridgehead atoms. The molecule has 3 rings (SSSR count). The molecule has 6 nitrogen and oxygen atoms in total. The van der Waals surface area contributed by atoms with Gasteiger partial charge in [-0.1, -0.05) is 35.0 Å². The Hall–Kier alpha value is -2.22. The SMILES string of the molecule is CCn1c(SCC(=O)Nc2cc(C)c(Cl)cc2OC)nnc1-c1ccc(Cl)cc1. The summed E-state index contributed by atoms with van der Waals surface area (Å²) >= 11 is 13.4. The fourth-order valence-corrected chi connectivity index (χ4v) is 3.82. The zero-order valence-electron chi connectivity index (χ0n) is 16.2. The van der Waals surface area contributed by atoms with Gasteiger partial charge in [-0.15, -0.1) is 10.2 Å². The van der Waals surface area contributed by atoms with Gasteiger partial charge in [-0.05, 0) is 49.7 Å². The Balaban J connectivity index is 1.71. The molecule has 1 amide bonds. The summed E-state index contributed by atoms with van der Waals surface area (Å²) in [5, 5.41) is 13.3. The molecule has 0 fully saturated rings. The van der Waals surface area contributed by atoms with Crippen LogP contribution in [0.2, 0.25) is 10.0 Å². The number of aromatic nitrogens is 3. The number of anilines is 1. The molecule has 1 heterocycles. The van der Waals surface area contributed by atoms with Gasteiger partial charge in [-0.3, -0.25) is 4.79 Å². The van der Waals surface area contributed by atoms with Crippen molar-refractivity contribution >= 4 is 46.6 Å². The lowest BCUT2D eigenvalue weighted by molar-refractivity contribution is -0.113. The lowest BCUT2D eigenvalue weighted by Crippen LogP contribution is -2.15. The van der Waals surface area contributed by atoms with Gasteiger partial charge in [0.15, 0.2) is 11.0 Å². The van der Waals surface area contributed by atoms with Crippen LogP contribution in [0, 0.1) is 6.92 Å². The van der Waals surface area contributed by atoms with Crippen LogP contribution in [0.1, 0.15) is 12.5 Å². The van der Waals surface area contributed by atoms with Crippen molar-refractivity contribution < 1.29 is 9.53 Å². The van der Waals surface area contributed by atoms with Crippen molar-refractivity contribution in [3.63, 3.8) is 0 Å². The summed E-state index contributed by atoms with van der Waals surface area (Å²) in [6.07, 6.45) is 0. The minimum absolute atomic E-state index is 0.172. The van der Waals surface area contributed by atoms with E-state index < -0.39 is 0 Å². The fourth-order valence-electron chi connectivity index (χ4n) is 2.74. The van der Waals surface area contributed by atoms with Crippen LogP contribution in [-0.4, -0.2) is 33.5 Å². The number of carbonyl (C=O) groups is 1. The molecule has 29 heavy (non-hydrogen) atoms. The molecule has 2 aromatic carbocycles. The van der Waals surface area contributed by atoms with Crippen LogP contribution < -0.4 is 10.1 Å². The number of hydrogen-bond acceptors (Lipinski definition) is 5. The third-order valence-electron chi connectivity index (χ3n) is 4.22.